The minimum atomic E-state index is -5.80. The largest absolute Gasteiger partial charge is 0.534 e. The Morgan fingerprint density at radius 2 is 1.39 bits per heavy atom. The summed E-state index contributed by atoms with van der Waals surface area (Å²) >= 11 is 1.67. The monoisotopic (exact) mass is 648 g/mol. The summed E-state index contributed by atoms with van der Waals surface area (Å²) in [5.41, 5.74) is -1.67. The molecular formula is C36H19F3N2O3S2. The van der Waals surface area contributed by atoms with Gasteiger partial charge in [-0.25, -0.2) is 4.98 Å². The number of imidazole rings is 1. The van der Waals surface area contributed by atoms with Crippen LogP contribution in [-0.2, 0) is 10.1 Å². The van der Waals surface area contributed by atoms with Gasteiger partial charge in [0, 0.05) is 20.9 Å². The third-order valence-corrected chi connectivity index (χ3v) is 10.6. The van der Waals surface area contributed by atoms with Gasteiger partial charge in [-0.05, 0) is 87.1 Å². The van der Waals surface area contributed by atoms with E-state index in [1.54, 1.807) is 23.5 Å². The Labute approximate surface area is 262 Å². The molecule has 0 amide bonds. The highest BCUT2D eigenvalue weighted by Crippen LogP contribution is 2.44. The molecule has 0 spiro atoms. The summed E-state index contributed by atoms with van der Waals surface area (Å²) in [6, 6.07) is 36.7. The van der Waals surface area contributed by atoms with Gasteiger partial charge >= 0.3 is 15.6 Å². The van der Waals surface area contributed by atoms with E-state index in [9.17, 15) is 21.6 Å². The number of halogens is 3. The molecule has 0 saturated carbocycles. The van der Waals surface area contributed by atoms with Crippen molar-refractivity contribution in [3.8, 4) is 17.0 Å². The van der Waals surface area contributed by atoms with Crippen molar-refractivity contribution in [1.29, 1.82) is 0 Å². The van der Waals surface area contributed by atoms with Crippen LogP contribution >= 0.6 is 11.3 Å². The average molecular weight is 649 g/mol. The first-order valence-electron chi connectivity index (χ1n) is 14.3. The number of alkyl halides is 3. The lowest BCUT2D eigenvalue weighted by molar-refractivity contribution is -0.0500. The van der Waals surface area contributed by atoms with Gasteiger partial charge in [-0.1, -0.05) is 60.7 Å². The number of rotatable bonds is 3. The van der Waals surface area contributed by atoms with Crippen molar-refractivity contribution in [2.75, 3.05) is 0 Å². The molecule has 0 radical (unpaired) electrons. The minimum Gasteiger partial charge on any atom is -0.376 e. The fourth-order valence-corrected chi connectivity index (χ4v) is 8.05. The molecule has 3 aromatic heterocycles. The molecule has 3 heterocycles. The second-order valence-electron chi connectivity index (χ2n) is 11.2. The molecule has 46 heavy (non-hydrogen) atoms. The molecule has 0 aliphatic carbocycles. The zero-order valence-electron chi connectivity index (χ0n) is 23.5. The molecule has 5 nitrogen and oxygen atoms in total. The summed E-state index contributed by atoms with van der Waals surface area (Å²) in [5, 5.41) is 8.61. The number of aromatic nitrogens is 2. The Bertz CT molecular complexity index is 2840. The highest BCUT2D eigenvalue weighted by atomic mass is 32.2. The first kappa shape index (κ1) is 27.1. The van der Waals surface area contributed by atoms with Gasteiger partial charge in [0.2, 0.25) is 0 Å². The van der Waals surface area contributed by atoms with E-state index in [2.05, 4.69) is 69.2 Å². The van der Waals surface area contributed by atoms with Crippen molar-refractivity contribution in [2.24, 2.45) is 0 Å². The maximum absolute atomic E-state index is 13.0. The van der Waals surface area contributed by atoms with Gasteiger partial charge < -0.3 is 4.18 Å². The summed E-state index contributed by atoms with van der Waals surface area (Å²) in [6.07, 6.45) is 0. The Morgan fingerprint density at radius 1 is 0.696 bits per heavy atom. The summed E-state index contributed by atoms with van der Waals surface area (Å²) < 4.78 is 70.8. The van der Waals surface area contributed by atoms with Gasteiger partial charge in [-0.2, -0.15) is 21.6 Å². The Morgan fingerprint density at radius 3 is 2.15 bits per heavy atom. The lowest BCUT2D eigenvalue weighted by Gasteiger charge is -2.12. The van der Waals surface area contributed by atoms with Gasteiger partial charge in [-0.15, -0.1) is 11.3 Å². The van der Waals surface area contributed by atoms with Crippen molar-refractivity contribution in [2.45, 2.75) is 5.51 Å². The Balaban J connectivity index is 1.37. The van der Waals surface area contributed by atoms with Gasteiger partial charge in [0.15, 0.2) is 5.65 Å². The maximum Gasteiger partial charge on any atom is 0.534 e. The molecule has 9 aromatic rings. The molecule has 0 aliphatic heterocycles. The third kappa shape index (κ3) is 3.93. The fourth-order valence-electron chi connectivity index (χ4n) is 6.42. The quantitative estimate of drug-likeness (QED) is 0.109. The minimum absolute atomic E-state index is 0.432. The van der Waals surface area contributed by atoms with Gasteiger partial charge in [0.05, 0.1) is 21.4 Å². The van der Waals surface area contributed by atoms with Crippen LogP contribution < -0.4 is 4.18 Å². The normalized spacial score (nSPS) is 12.8. The first-order chi connectivity index (χ1) is 22.2. The SMILES string of the molecule is O=S(=O)(Oc1ccc(-c2cc3c(sc4ccc5ccccc5c43)c3nc4c5cc6ccccc6cc5ccc4n23)cc1)C(F)(F)F. The molecule has 0 unspecified atom stereocenters. The highest BCUT2D eigenvalue weighted by molar-refractivity contribution is 7.88. The topological polar surface area (TPSA) is 60.7 Å². The highest BCUT2D eigenvalue weighted by Gasteiger charge is 2.48. The Kier molecular flexibility index (Phi) is 5.56. The lowest BCUT2D eigenvalue weighted by Crippen LogP contribution is -2.28. The summed E-state index contributed by atoms with van der Waals surface area (Å²) in [7, 11) is -5.80. The van der Waals surface area contributed by atoms with Crippen LogP contribution in [0.4, 0.5) is 13.2 Å². The summed E-state index contributed by atoms with van der Waals surface area (Å²) in [4.78, 5) is 5.28. The van der Waals surface area contributed by atoms with Crippen LogP contribution in [0.5, 0.6) is 5.75 Å². The van der Waals surface area contributed by atoms with Crippen molar-refractivity contribution in [1.82, 2.24) is 9.38 Å². The number of benzene rings is 6. The van der Waals surface area contributed by atoms with Crippen molar-refractivity contribution >= 4 is 90.6 Å². The maximum atomic E-state index is 13.0. The van der Waals surface area contributed by atoms with E-state index in [-0.39, 0.29) is 0 Å². The number of pyridine rings is 1. The number of hydrogen-bond acceptors (Lipinski definition) is 5. The standard InChI is InChI=1S/C36H19F3N2O3S2/c37-36(38,39)46(42,43)44-25-13-9-21(10-14-25)30-19-28-32-26-8-4-3-5-20(26)12-16-31(32)45-34(28)35-40-33-27-18-23-7-2-1-6-22(23)17-24(27)11-15-29(33)41(30)35/h1-19H. The zero-order chi connectivity index (χ0) is 31.4. The smallest absolute Gasteiger partial charge is 0.376 e. The molecule has 9 rings (SSSR count). The van der Waals surface area contributed by atoms with Crippen molar-refractivity contribution < 1.29 is 25.8 Å². The summed E-state index contributed by atoms with van der Waals surface area (Å²) in [6.45, 7) is 0. The molecule has 0 fully saturated rings. The van der Waals surface area contributed by atoms with E-state index in [4.69, 9.17) is 4.98 Å². The van der Waals surface area contributed by atoms with E-state index in [0.717, 1.165) is 74.9 Å². The van der Waals surface area contributed by atoms with E-state index in [1.165, 1.54) is 12.1 Å². The van der Waals surface area contributed by atoms with Crippen LogP contribution in [0.2, 0.25) is 0 Å². The number of thiophene rings is 1. The second-order valence-corrected chi connectivity index (χ2v) is 13.8. The molecular weight excluding hydrogens is 630 g/mol. The van der Waals surface area contributed by atoms with E-state index in [1.807, 2.05) is 30.3 Å². The molecule has 0 aliphatic rings. The summed E-state index contributed by atoms with van der Waals surface area (Å²) in [5.74, 6) is -0.432. The van der Waals surface area contributed by atoms with Crippen LogP contribution in [-0.4, -0.2) is 23.3 Å². The lowest BCUT2D eigenvalue weighted by atomic mass is 10.0. The molecule has 0 N–H and O–H groups in total. The molecule has 0 bridgehead atoms. The molecule has 224 valence electrons. The predicted octanol–water partition coefficient (Wildman–Crippen LogP) is 10.2. The molecule has 0 atom stereocenters. The molecule has 10 heteroatoms. The van der Waals surface area contributed by atoms with Crippen LogP contribution in [0, 0.1) is 0 Å². The van der Waals surface area contributed by atoms with E-state index in [0.29, 0.717) is 5.56 Å². The van der Waals surface area contributed by atoms with Gasteiger partial charge in [0.25, 0.3) is 0 Å². The number of hydrogen-bond donors (Lipinski definition) is 0. The first-order valence-corrected chi connectivity index (χ1v) is 16.5. The van der Waals surface area contributed by atoms with Crippen LogP contribution in [0.1, 0.15) is 0 Å². The van der Waals surface area contributed by atoms with Crippen LogP contribution in [0.25, 0.3) is 80.4 Å². The van der Waals surface area contributed by atoms with Gasteiger partial charge in [-0.3, -0.25) is 4.40 Å². The molecule has 0 saturated heterocycles. The third-order valence-electron chi connectivity index (χ3n) is 8.49. The number of nitrogens with zero attached hydrogens (tertiary/aromatic N) is 2. The van der Waals surface area contributed by atoms with Crippen molar-refractivity contribution in [3.05, 3.63) is 115 Å². The fraction of sp³-hybridized carbons (Fsp3) is 0.0278. The average Bonchev–Trinajstić information content (AvgIpc) is 3.62. The van der Waals surface area contributed by atoms with E-state index < -0.39 is 21.4 Å². The molecule has 6 aromatic carbocycles. The van der Waals surface area contributed by atoms with Crippen LogP contribution in [0.3, 0.4) is 0 Å². The second kappa shape index (κ2) is 9.41. The van der Waals surface area contributed by atoms with E-state index >= 15 is 0 Å². The van der Waals surface area contributed by atoms with Crippen LogP contribution in [0.15, 0.2) is 115 Å². The Hall–Kier alpha value is -5.19. The zero-order valence-corrected chi connectivity index (χ0v) is 25.2. The number of fused-ring (bicyclic) bond motifs is 12. The predicted molar refractivity (Wildman–Crippen MR) is 179 cm³/mol. The van der Waals surface area contributed by atoms with Crippen molar-refractivity contribution in [3.63, 3.8) is 0 Å². The van der Waals surface area contributed by atoms with Gasteiger partial charge in [0.1, 0.15) is 5.75 Å².